The Bertz CT molecular complexity index is 599. The largest absolute Gasteiger partial charge is 0.399 e. The minimum Gasteiger partial charge on any atom is -0.399 e. The Balaban J connectivity index is 2.40. The number of rotatable bonds is 2. The van der Waals surface area contributed by atoms with Crippen molar-refractivity contribution in [2.75, 3.05) is 11.1 Å². The molecule has 2 aromatic rings. The van der Waals surface area contributed by atoms with E-state index in [9.17, 15) is 17.6 Å². The van der Waals surface area contributed by atoms with Crippen LogP contribution in [-0.4, -0.2) is 0 Å². The minimum absolute atomic E-state index is 0.131. The van der Waals surface area contributed by atoms with Crippen molar-refractivity contribution in [2.45, 2.75) is 0 Å². The van der Waals surface area contributed by atoms with Gasteiger partial charge in [-0.3, -0.25) is 0 Å². The molecular formula is C12H8F4N2. The van der Waals surface area contributed by atoms with E-state index < -0.39 is 29.0 Å². The Kier molecular flexibility index (Phi) is 3.10. The number of nitrogens with two attached hydrogens (primary N) is 1. The molecule has 3 N–H and O–H groups in total. The van der Waals surface area contributed by atoms with Gasteiger partial charge in [0, 0.05) is 17.8 Å². The molecule has 2 rings (SSSR count). The van der Waals surface area contributed by atoms with Crippen LogP contribution in [0.1, 0.15) is 0 Å². The van der Waals surface area contributed by atoms with Gasteiger partial charge in [0.1, 0.15) is 11.6 Å². The van der Waals surface area contributed by atoms with Crippen molar-refractivity contribution >= 4 is 17.1 Å². The van der Waals surface area contributed by atoms with Crippen molar-refractivity contribution in [1.29, 1.82) is 0 Å². The van der Waals surface area contributed by atoms with Gasteiger partial charge < -0.3 is 11.1 Å². The average Bonchev–Trinajstić information content (AvgIpc) is 2.29. The molecule has 2 aromatic carbocycles. The van der Waals surface area contributed by atoms with Gasteiger partial charge in [-0.1, -0.05) is 0 Å². The summed E-state index contributed by atoms with van der Waals surface area (Å²) in [6.07, 6.45) is 0. The van der Waals surface area contributed by atoms with Gasteiger partial charge in [-0.25, -0.2) is 17.6 Å². The van der Waals surface area contributed by atoms with E-state index >= 15 is 0 Å². The fourth-order valence-corrected chi connectivity index (χ4v) is 1.42. The van der Waals surface area contributed by atoms with Crippen LogP contribution >= 0.6 is 0 Å². The SMILES string of the molecule is Nc1ccc(Nc2cc(F)cc(F)c2F)c(F)c1. The third-order valence-corrected chi connectivity index (χ3v) is 2.26. The summed E-state index contributed by atoms with van der Waals surface area (Å²) in [5.41, 5.74) is 4.90. The highest BCUT2D eigenvalue weighted by atomic mass is 19.2. The normalized spacial score (nSPS) is 10.4. The maximum Gasteiger partial charge on any atom is 0.182 e. The summed E-state index contributed by atoms with van der Waals surface area (Å²) in [7, 11) is 0. The zero-order valence-electron chi connectivity index (χ0n) is 8.98. The van der Waals surface area contributed by atoms with Crippen molar-refractivity contribution in [1.82, 2.24) is 0 Å². The molecule has 0 amide bonds. The van der Waals surface area contributed by atoms with Gasteiger partial charge in [-0.05, 0) is 18.2 Å². The summed E-state index contributed by atoms with van der Waals surface area (Å²) in [6.45, 7) is 0. The van der Waals surface area contributed by atoms with Gasteiger partial charge in [-0.2, -0.15) is 0 Å². The summed E-state index contributed by atoms with van der Waals surface area (Å²) in [5.74, 6) is -4.35. The fraction of sp³-hybridized carbons (Fsp3) is 0. The van der Waals surface area contributed by atoms with Crippen LogP contribution in [0, 0.1) is 23.3 Å². The van der Waals surface area contributed by atoms with Gasteiger partial charge in [0.15, 0.2) is 11.6 Å². The standard InChI is InChI=1S/C12H8F4N2/c13-6-3-9(15)12(16)11(4-6)18-10-2-1-7(17)5-8(10)14/h1-5,18H,17H2. The number of nitrogen functional groups attached to an aromatic ring is 1. The van der Waals surface area contributed by atoms with Gasteiger partial charge >= 0.3 is 0 Å². The topological polar surface area (TPSA) is 38.0 Å². The smallest absolute Gasteiger partial charge is 0.182 e. The van der Waals surface area contributed by atoms with E-state index in [1.54, 1.807) is 0 Å². The second kappa shape index (κ2) is 4.56. The molecule has 94 valence electrons. The predicted octanol–water partition coefficient (Wildman–Crippen LogP) is 3.57. The lowest BCUT2D eigenvalue weighted by molar-refractivity contribution is 0.498. The fourth-order valence-electron chi connectivity index (χ4n) is 1.42. The number of hydrogen-bond donors (Lipinski definition) is 2. The van der Waals surface area contributed by atoms with Gasteiger partial charge in [-0.15, -0.1) is 0 Å². The quantitative estimate of drug-likeness (QED) is 0.489. The Morgan fingerprint density at radius 1 is 0.833 bits per heavy atom. The Labute approximate surface area is 100 Å². The predicted molar refractivity (Wildman–Crippen MR) is 60.4 cm³/mol. The van der Waals surface area contributed by atoms with Crippen LogP contribution in [0.5, 0.6) is 0 Å². The maximum atomic E-state index is 13.4. The first-order valence-electron chi connectivity index (χ1n) is 4.94. The molecule has 0 saturated heterocycles. The average molecular weight is 256 g/mol. The van der Waals surface area contributed by atoms with Crippen LogP contribution in [0.3, 0.4) is 0 Å². The molecule has 0 spiro atoms. The van der Waals surface area contributed by atoms with Gasteiger partial charge in [0.05, 0.1) is 11.4 Å². The van der Waals surface area contributed by atoms with Gasteiger partial charge in [0.2, 0.25) is 0 Å². The summed E-state index contributed by atoms with van der Waals surface area (Å²) in [4.78, 5) is 0. The summed E-state index contributed by atoms with van der Waals surface area (Å²) in [5, 5.41) is 2.26. The van der Waals surface area contributed by atoms with E-state index in [2.05, 4.69) is 5.32 Å². The second-order valence-corrected chi connectivity index (χ2v) is 3.61. The van der Waals surface area contributed by atoms with E-state index in [1.807, 2.05) is 0 Å². The first kappa shape index (κ1) is 12.2. The minimum atomic E-state index is -1.35. The molecule has 0 fully saturated rings. The maximum absolute atomic E-state index is 13.4. The zero-order chi connectivity index (χ0) is 13.3. The Morgan fingerprint density at radius 3 is 2.22 bits per heavy atom. The third kappa shape index (κ3) is 2.37. The molecule has 0 aliphatic rings. The van der Waals surface area contributed by atoms with Crippen molar-refractivity contribution in [3.05, 3.63) is 53.6 Å². The summed E-state index contributed by atoms with van der Waals surface area (Å²) >= 11 is 0. The molecule has 18 heavy (non-hydrogen) atoms. The number of nitrogens with one attached hydrogen (secondary N) is 1. The van der Waals surface area contributed by atoms with E-state index in [-0.39, 0.29) is 11.4 Å². The molecule has 0 aliphatic carbocycles. The zero-order valence-corrected chi connectivity index (χ0v) is 8.98. The molecule has 0 saturated carbocycles. The van der Waals surface area contributed by atoms with Crippen LogP contribution in [0.4, 0.5) is 34.6 Å². The highest BCUT2D eigenvalue weighted by Gasteiger charge is 2.12. The third-order valence-electron chi connectivity index (χ3n) is 2.26. The lowest BCUT2D eigenvalue weighted by Crippen LogP contribution is -2.00. The van der Waals surface area contributed by atoms with Crippen molar-refractivity contribution < 1.29 is 17.6 Å². The molecule has 0 bridgehead atoms. The molecule has 2 nitrogen and oxygen atoms in total. The van der Waals surface area contributed by atoms with E-state index in [4.69, 9.17) is 5.73 Å². The van der Waals surface area contributed by atoms with Crippen molar-refractivity contribution in [2.24, 2.45) is 0 Å². The van der Waals surface area contributed by atoms with Crippen LogP contribution in [0.25, 0.3) is 0 Å². The van der Waals surface area contributed by atoms with E-state index in [0.29, 0.717) is 6.07 Å². The molecular weight excluding hydrogens is 248 g/mol. The molecule has 0 unspecified atom stereocenters. The van der Waals surface area contributed by atoms with Crippen LogP contribution in [0.2, 0.25) is 0 Å². The molecule has 0 atom stereocenters. The van der Waals surface area contributed by atoms with Gasteiger partial charge in [0.25, 0.3) is 0 Å². The molecule has 0 aromatic heterocycles. The van der Waals surface area contributed by atoms with E-state index in [0.717, 1.165) is 12.1 Å². The second-order valence-electron chi connectivity index (χ2n) is 3.61. The number of halogens is 4. The van der Waals surface area contributed by atoms with Crippen molar-refractivity contribution in [3.63, 3.8) is 0 Å². The van der Waals surface area contributed by atoms with Crippen molar-refractivity contribution in [3.8, 4) is 0 Å². The molecule has 0 aliphatic heterocycles. The molecule has 0 radical (unpaired) electrons. The highest BCUT2D eigenvalue weighted by molar-refractivity contribution is 5.63. The summed E-state index contributed by atoms with van der Waals surface area (Å²) < 4.78 is 52.6. The Morgan fingerprint density at radius 2 is 1.56 bits per heavy atom. The molecule has 6 heteroatoms. The summed E-state index contributed by atoms with van der Waals surface area (Å²) in [6, 6.07) is 4.76. The monoisotopic (exact) mass is 256 g/mol. The molecule has 0 heterocycles. The first-order valence-corrected chi connectivity index (χ1v) is 4.94. The lowest BCUT2D eigenvalue weighted by atomic mass is 10.2. The van der Waals surface area contributed by atoms with Crippen LogP contribution in [-0.2, 0) is 0 Å². The number of benzene rings is 2. The van der Waals surface area contributed by atoms with Crippen LogP contribution < -0.4 is 11.1 Å². The van der Waals surface area contributed by atoms with Crippen LogP contribution in [0.15, 0.2) is 30.3 Å². The number of hydrogen-bond acceptors (Lipinski definition) is 2. The Hall–Kier alpha value is -2.24. The van der Waals surface area contributed by atoms with E-state index in [1.165, 1.54) is 12.1 Å². The lowest BCUT2D eigenvalue weighted by Gasteiger charge is -2.09. The number of anilines is 3. The first-order chi connectivity index (χ1) is 8.47. The highest BCUT2D eigenvalue weighted by Crippen LogP contribution is 2.25.